The van der Waals surface area contributed by atoms with Crippen LogP contribution in [0.5, 0.6) is 11.5 Å². The molecule has 2 aromatic carbocycles. The Balaban J connectivity index is 1.52. The largest absolute Gasteiger partial charge is 0.493 e. The van der Waals surface area contributed by atoms with E-state index in [-0.39, 0.29) is 24.0 Å². The fourth-order valence-electron chi connectivity index (χ4n) is 3.68. The SMILES string of the molecule is CCC1OC(=O)N(Cc2ccc(NC(=O)c3cccnc3)cc2)N=C1c1ccc(OC(F)F)c(OC)c1. The van der Waals surface area contributed by atoms with Crippen LogP contribution in [0.1, 0.15) is 34.8 Å². The standard InChI is InChI=1S/C26H24F2N4O5/c1-3-20-23(17-8-11-21(36-25(27)28)22(13-17)35-2)31-32(26(34)37-20)15-16-6-9-19(10-7-16)30-24(33)18-5-4-12-29-14-18/h4-14,20,25H,3,15H2,1-2H3,(H,30,33). The van der Waals surface area contributed by atoms with Gasteiger partial charge in [0, 0.05) is 23.6 Å². The first-order valence-electron chi connectivity index (χ1n) is 11.4. The molecule has 2 amide bonds. The number of pyridine rings is 1. The topological polar surface area (TPSA) is 102 Å². The van der Waals surface area contributed by atoms with Crippen LogP contribution in [-0.4, -0.2) is 47.5 Å². The number of anilines is 1. The zero-order valence-electron chi connectivity index (χ0n) is 20.1. The maximum Gasteiger partial charge on any atom is 0.431 e. The second kappa shape index (κ2) is 11.5. The van der Waals surface area contributed by atoms with Crippen LogP contribution < -0.4 is 14.8 Å². The lowest BCUT2D eigenvalue weighted by Crippen LogP contribution is -2.41. The van der Waals surface area contributed by atoms with Gasteiger partial charge in [0.1, 0.15) is 11.8 Å². The molecule has 2 heterocycles. The molecule has 1 aliphatic rings. The van der Waals surface area contributed by atoms with E-state index in [1.165, 1.54) is 30.4 Å². The molecular formula is C26H24F2N4O5. The van der Waals surface area contributed by atoms with E-state index >= 15 is 0 Å². The summed E-state index contributed by atoms with van der Waals surface area (Å²) >= 11 is 0. The number of aromatic nitrogens is 1. The van der Waals surface area contributed by atoms with Crippen LogP contribution in [0.4, 0.5) is 19.3 Å². The predicted octanol–water partition coefficient (Wildman–Crippen LogP) is 5.08. The minimum absolute atomic E-state index is 0.0997. The lowest BCUT2D eigenvalue weighted by molar-refractivity contribution is -0.0512. The number of carbonyl (C=O) groups is 2. The minimum atomic E-state index is -3.00. The highest BCUT2D eigenvalue weighted by Gasteiger charge is 2.31. The van der Waals surface area contributed by atoms with Crippen LogP contribution in [0, 0.1) is 0 Å². The Morgan fingerprint density at radius 2 is 1.95 bits per heavy atom. The molecule has 3 aromatic rings. The fourth-order valence-corrected chi connectivity index (χ4v) is 3.68. The number of ether oxygens (including phenoxy) is 3. The van der Waals surface area contributed by atoms with Gasteiger partial charge in [-0.3, -0.25) is 9.78 Å². The van der Waals surface area contributed by atoms with Crippen molar-refractivity contribution in [1.29, 1.82) is 0 Å². The number of methoxy groups -OCH3 is 1. The third-order valence-corrected chi connectivity index (χ3v) is 5.50. The van der Waals surface area contributed by atoms with Crippen molar-refractivity contribution in [1.82, 2.24) is 9.99 Å². The van der Waals surface area contributed by atoms with E-state index < -0.39 is 18.8 Å². The molecule has 0 saturated heterocycles. The van der Waals surface area contributed by atoms with Crippen LogP contribution in [0.25, 0.3) is 0 Å². The van der Waals surface area contributed by atoms with Crippen molar-refractivity contribution in [2.24, 2.45) is 5.10 Å². The monoisotopic (exact) mass is 510 g/mol. The van der Waals surface area contributed by atoms with E-state index in [0.717, 1.165) is 5.56 Å². The highest BCUT2D eigenvalue weighted by Crippen LogP contribution is 2.31. The molecule has 0 fully saturated rings. The number of nitrogens with one attached hydrogen (secondary N) is 1. The average Bonchev–Trinajstić information content (AvgIpc) is 2.91. The van der Waals surface area contributed by atoms with Gasteiger partial charge < -0.3 is 19.5 Å². The van der Waals surface area contributed by atoms with Gasteiger partial charge in [-0.05, 0) is 54.4 Å². The first-order chi connectivity index (χ1) is 17.9. The summed E-state index contributed by atoms with van der Waals surface area (Å²) in [5.41, 5.74) is 2.74. The molecule has 0 radical (unpaired) electrons. The number of cyclic esters (lactones) is 1. The Hall–Kier alpha value is -4.54. The Kier molecular flexibility index (Phi) is 7.92. The van der Waals surface area contributed by atoms with Crippen molar-refractivity contribution in [2.45, 2.75) is 32.6 Å². The lowest BCUT2D eigenvalue weighted by atomic mass is 10.0. The number of rotatable bonds is 9. The summed E-state index contributed by atoms with van der Waals surface area (Å²) in [6.45, 7) is -1.05. The number of hydrazone groups is 1. The van der Waals surface area contributed by atoms with E-state index in [9.17, 15) is 18.4 Å². The molecule has 37 heavy (non-hydrogen) atoms. The van der Waals surface area contributed by atoms with Gasteiger partial charge >= 0.3 is 12.7 Å². The number of hydrogen-bond donors (Lipinski definition) is 1. The maximum absolute atomic E-state index is 12.7. The molecular weight excluding hydrogens is 486 g/mol. The molecule has 0 aliphatic carbocycles. The number of amides is 2. The third-order valence-electron chi connectivity index (χ3n) is 5.50. The molecule has 11 heteroatoms. The smallest absolute Gasteiger partial charge is 0.431 e. The van der Waals surface area contributed by atoms with E-state index in [4.69, 9.17) is 9.47 Å². The van der Waals surface area contributed by atoms with Crippen molar-refractivity contribution in [3.63, 3.8) is 0 Å². The predicted molar refractivity (Wildman–Crippen MR) is 131 cm³/mol. The Labute approximate surface area is 211 Å². The summed E-state index contributed by atoms with van der Waals surface area (Å²) in [7, 11) is 1.34. The van der Waals surface area contributed by atoms with Gasteiger partial charge in [0.15, 0.2) is 11.5 Å². The van der Waals surface area contributed by atoms with Gasteiger partial charge in [0.2, 0.25) is 0 Å². The van der Waals surface area contributed by atoms with E-state index in [2.05, 4.69) is 20.1 Å². The van der Waals surface area contributed by atoms with Gasteiger partial charge in [0.25, 0.3) is 5.91 Å². The summed E-state index contributed by atoms with van der Waals surface area (Å²) in [5, 5.41) is 8.48. The molecule has 0 spiro atoms. The number of halogens is 2. The Morgan fingerprint density at radius 3 is 2.59 bits per heavy atom. The summed E-state index contributed by atoms with van der Waals surface area (Å²) < 4.78 is 40.6. The van der Waals surface area contributed by atoms with Gasteiger partial charge in [-0.2, -0.15) is 18.9 Å². The number of nitrogens with zero attached hydrogens (tertiary/aromatic N) is 3. The Bertz CT molecular complexity index is 1290. The van der Waals surface area contributed by atoms with Crippen molar-refractivity contribution in [3.05, 3.63) is 83.7 Å². The Morgan fingerprint density at radius 1 is 1.16 bits per heavy atom. The van der Waals surface area contributed by atoms with Crippen molar-refractivity contribution < 1.29 is 32.6 Å². The second-order valence-corrected chi connectivity index (χ2v) is 7.96. The molecule has 0 bridgehead atoms. The highest BCUT2D eigenvalue weighted by atomic mass is 19.3. The first kappa shape index (κ1) is 25.5. The number of benzene rings is 2. The molecule has 1 unspecified atom stereocenters. The number of carbonyl (C=O) groups excluding carboxylic acids is 2. The molecule has 1 atom stereocenters. The van der Waals surface area contributed by atoms with Crippen LogP contribution in [0.15, 0.2) is 72.1 Å². The van der Waals surface area contributed by atoms with Crippen molar-refractivity contribution >= 4 is 23.4 Å². The van der Waals surface area contributed by atoms with Crippen molar-refractivity contribution in [3.8, 4) is 11.5 Å². The number of alkyl halides is 2. The molecule has 192 valence electrons. The summed E-state index contributed by atoms with van der Waals surface area (Å²) in [5.74, 6) is -0.307. The van der Waals surface area contributed by atoms with Gasteiger partial charge in [-0.15, -0.1) is 0 Å². The average molecular weight is 510 g/mol. The van der Waals surface area contributed by atoms with Gasteiger partial charge in [0.05, 0.1) is 19.2 Å². The van der Waals surface area contributed by atoms with Crippen LogP contribution in [0.3, 0.4) is 0 Å². The first-order valence-corrected chi connectivity index (χ1v) is 11.4. The van der Waals surface area contributed by atoms with E-state index in [1.54, 1.807) is 48.7 Å². The van der Waals surface area contributed by atoms with Crippen LogP contribution >= 0.6 is 0 Å². The summed E-state index contributed by atoms with van der Waals surface area (Å²) in [6.07, 6.45) is 2.28. The highest BCUT2D eigenvalue weighted by molar-refractivity contribution is 6.06. The maximum atomic E-state index is 12.7. The molecule has 1 aliphatic heterocycles. The van der Waals surface area contributed by atoms with Crippen LogP contribution in [-0.2, 0) is 11.3 Å². The molecule has 1 N–H and O–H groups in total. The third kappa shape index (κ3) is 6.18. The summed E-state index contributed by atoms with van der Waals surface area (Å²) in [6, 6.07) is 14.7. The quantitative estimate of drug-likeness (QED) is 0.431. The zero-order valence-corrected chi connectivity index (χ0v) is 20.1. The van der Waals surface area contributed by atoms with Gasteiger partial charge in [-0.1, -0.05) is 19.1 Å². The lowest BCUT2D eigenvalue weighted by Gasteiger charge is -2.29. The fraction of sp³-hybridized carbons (Fsp3) is 0.231. The molecule has 4 rings (SSSR count). The molecule has 1 aromatic heterocycles. The molecule has 9 nitrogen and oxygen atoms in total. The number of hydrogen-bond acceptors (Lipinski definition) is 7. The normalized spacial score (nSPS) is 15.2. The zero-order chi connectivity index (χ0) is 26.4. The molecule has 0 saturated carbocycles. The van der Waals surface area contributed by atoms with Gasteiger partial charge in [-0.25, -0.2) is 4.79 Å². The van der Waals surface area contributed by atoms with Crippen LogP contribution in [0.2, 0.25) is 0 Å². The van der Waals surface area contributed by atoms with Crippen molar-refractivity contribution in [2.75, 3.05) is 12.4 Å². The minimum Gasteiger partial charge on any atom is -0.493 e. The van der Waals surface area contributed by atoms with E-state index in [0.29, 0.717) is 28.9 Å². The second-order valence-electron chi connectivity index (χ2n) is 7.96. The summed E-state index contributed by atoms with van der Waals surface area (Å²) in [4.78, 5) is 28.9. The van der Waals surface area contributed by atoms with E-state index in [1.807, 2.05) is 6.92 Å².